The summed E-state index contributed by atoms with van der Waals surface area (Å²) in [7, 11) is 3.62. The third kappa shape index (κ3) is 4.17. The minimum absolute atomic E-state index is 0.102. The number of hydrogen-bond donors (Lipinski definition) is 3. The fourth-order valence-corrected chi connectivity index (χ4v) is 3.11. The van der Waals surface area contributed by atoms with Crippen molar-refractivity contribution in [2.75, 3.05) is 25.5 Å². The molecule has 0 atom stereocenters. The SMILES string of the molecule is CN(C)c1nc2cc(Oc3ccc4c(C#N)nc(C(=O)NCC(=O)O)c(O)c4c3)ccc2o1. The van der Waals surface area contributed by atoms with Crippen LogP contribution < -0.4 is 15.0 Å². The number of nitrogens with one attached hydrogen (secondary N) is 1. The van der Waals surface area contributed by atoms with Gasteiger partial charge in [0.05, 0.1) is 0 Å². The van der Waals surface area contributed by atoms with Gasteiger partial charge in [-0.25, -0.2) is 4.98 Å². The van der Waals surface area contributed by atoms with Gasteiger partial charge >= 0.3 is 5.97 Å². The van der Waals surface area contributed by atoms with Crippen LogP contribution in [0.15, 0.2) is 40.8 Å². The Morgan fingerprint density at radius 3 is 2.58 bits per heavy atom. The molecule has 0 spiro atoms. The van der Waals surface area contributed by atoms with Gasteiger partial charge < -0.3 is 29.6 Å². The van der Waals surface area contributed by atoms with Crippen LogP contribution in [0.25, 0.3) is 21.9 Å². The number of pyridine rings is 1. The number of anilines is 1. The van der Waals surface area contributed by atoms with E-state index in [9.17, 15) is 20.0 Å². The van der Waals surface area contributed by atoms with Gasteiger partial charge in [0.1, 0.15) is 35.3 Å². The van der Waals surface area contributed by atoms with Crippen molar-refractivity contribution in [1.82, 2.24) is 15.3 Å². The van der Waals surface area contributed by atoms with Gasteiger partial charge in [-0.15, -0.1) is 0 Å². The average molecular weight is 447 g/mol. The van der Waals surface area contributed by atoms with Crippen molar-refractivity contribution in [1.29, 1.82) is 5.26 Å². The van der Waals surface area contributed by atoms with E-state index < -0.39 is 29.9 Å². The molecule has 0 radical (unpaired) electrons. The van der Waals surface area contributed by atoms with Crippen molar-refractivity contribution in [3.8, 4) is 23.3 Å². The Labute approximate surface area is 186 Å². The zero-order chi connectivity index (χ0) is 23.7. The van der Waals surface area contributed by atoms with Gasteiger partial charge in [-0.3, -0.25) is 9.59 Å². The van der Waals surface area contributed by atoms with Crippen LogP contribution in [-0.2, 0) is 4.79 Å². The molecule has 11 nitrogen and oxygen atoms in total. The number of nitrogens with zero attached hydrogens (tertiary/aromatic N) is 4. The maximum absolute atomic E-state index is 12.3. The van der Waals surface area contributed by atoms with E-state index in [1.807, 2.05) is 20.2 Å². The molecule has 2 aromatic heterocycles. The van der Waals surface area contributed by atoms with E-state index in [0.717, 1.165) is 0 Å². The number of benzene rings is 2. The lowest BCUT2D eigenvalue weighted by atomic mass is 10.1. The van der Waals surface area contributed by atoms with E-state index in [2.05, 4.69) is 15.3 Å². The number of carboxylic acid groups (broad SMARTS) is 1. The molecule has 0 aliphatic carbocycles. The minimum atomic E-state index is -1.26. The Morgan fingerprint density at radius 1 is 1.15 bits per heavy atom. The highest BCUT2D eigenvalue weighted by molar-refractivity contribution is 6.04. The summed E-state index contributed by atoms with van der Waals surface area (Å²) in [4.78, 5) is 33.0. The summed E-state index contributed by atoms with van der Waals surface area (Å²) in [6.07, 6.45) is 0. The van der Waals surface area contributed by atoms with Crippen molar-refractivity contribution in [2.24, 2.45) is 0 Å². The zero-order valence-corrected chi connectivity index (χ0v) is 17.5. The number of rotatable bonds is 6. The van der Waals surface area contributed by atoms with Gasteiger partial charge in [0, 0.05) is 30.9 Å². The summed E-state index contributed by atoms with van der Waals surface area (Å²) < 4.78 is 11.5. The third-order valence-electron chi connectivity index (χ3n) is 4.64. The number of hydrogen-bond acceptors (Lipinski definition) is 9. The number of aliphatic carboxylic acids is 1. The zero-order valence-electron chi connectivity index (χ0n) is 17.5. The van der Waals surface area contributed by atoms with Gasteiger partial charge in [0.2, 0.25) is 0 Å². The first kappa shape index (κ1) is 21.4. The standard InChI is InChI=1S/C22H17N5O6/c1-27(2)22-26-15-8-12(4-6-17(15)33-22)32-11-3-5-13-14(7-11)20(30)19(25-16(13)9-23)21(31)24-10-18(28)29/h3-8,30H,10H2,1-2H3,(H,24,31)(H,28,29). The molecule has 0 aliphatic heterocycles. The maximum Gasteiger partial charge on any atom is 0.322 e. The number of oxazole rings is 1. The van der Waals surface area contributed by atoms with Crippen LogP contribution in [0.4, 0.5) is 6.01 Å². The van der Waals surface area contributed by atoms with Crippen LogP contribution in [-0.4, -0.2) is 52.7 Å². The molecular formula is C22H17N5O6. The molecular weight excluding hydrogens is 430 g/mol. The molecule has 2 aromatic carbocycles. The van der Waals surface area contributed by atoms with Gasteiger partial charge in [-0.05, 0) is 30.3 Å². The fourth-order valence-electron chi connectivity index (χ4n) is 3.11. The Hall–Kier alpha value is -4.85. The first-order valence-electron chi connectivity index (χ1n) is 9.59. The highest BCUT2D eigenvalue weighted by Crippen LogP contribution is 2.34. The first-order valence-corrected chi connectivity index (χ1v) is 9.59. The van der Waals surface area contributed by atoms with E-state index in [1.54, 1.807) is 29.2 Å². The summed E-state index contributed by atoms with van der Waals surface area (Å²) in [5.41, 5.74) is 0.616. The molecule has 3 N–H and O–H groups in total. The van der Waals surface area contributed by atoms with Gasteiger partial charge in [0.15, 0.2) is 17.0 Å². The van der Waals surface area contributed by atoms with Crippen LogP contribution in [0, 0.1) is 11.3 Å². The number of ether oxygens (including phenoxy) is 1. The monoisotopic (exact) mass is 447 g/mol. The Bertz CT molecular complexity index is 1450. The predicted molar refractivity (Wildman–Crippen MR) is 117 cm³/mol. The number of aromatic nitrogens is 2. The number of carboxylic acids is 1. The number of aromatic hydroxyl groups is 1. The summed E-state index contributed by atoms with van der Waals surface area (Å²) in [6, 6.07) is 12.0. The lowest BCUT2D eigenvalue weighted by Gasteiger charge is -2.11. The Balaban J connectivity index is 1.71. The smallest absolute Gasteiger partial charge is 0.322 e. The van der Waals surface area contributed by atoms with Crippen LogP contribution in [0.3, 0.4) is 0 Å². The lowest BCUT2D eigenvalue weighted by Crippen LogP contribution is -2.30. The molecule has 0 saturated carbocycles. The van der Waals surface area contributed by atoms with E-state index in [4.69, 9.17) is 14.3 Å². The molecule has 0 bridgehead atoms. The lowest BCUT2D eigenvalue weighted by molar-refractivity contribution is -0.135. The number of carbonyl (C=O) groups is 2. The normalized spacial score (nSPS) is 10.7. The van der Waals surface area contributed by atoms with Crippen LogP contribution in [0.5, 0.6) is 17.2 Å². The Morgan fingerprint density at radius 2 is 1.88 bits per heavy atom. The van der Waals surface area contributed by atoms with Gasteiger partial charge in [0.25, 0.3) is 11.9 Å². The molecule has 166 valence electrons. The molecule has 4 rings (SSSR count). The largest absolute Gasteiger partial charge is 0.505 e. The van der Waals surface area contributed by atoms with Crippen molar-refractivity contribution < 1.29 is 29.0 Å². The average Bonchev–Trinajstić information content (AvgIpc) is 3.22. The molecule has 4 aromatic rings. The number of carbonyl (C=O) groups excluding carboxylic acids is 1. The second-order valence-electron chi connectivity index (χ2n) is 7.18. The fraction of sp³-hybridized carbons (Fsp3) is 0.136. The molecule has 2 heterocycles. The van der Waals surface area contributed by atoms with Crippen LogP contribution in [0.1, 0.15) is 16.2 Å². The molecule has 0 aliphatic rings. The van der Waals surface area contributed by atoms with Gasteiger partial charge in [-0.1, -0.05) is 0 Å². The second-order valence-corrected chi connectivity index (χ2v) is 7.18. The van der Waals surface area contributed by atoms with Crippen LogP contribution in [0.2, 0.25) is 0 Å². The molecule has 11 heteroatoms. The highest BCUT2D eigenvalue weighted by atomic mass is 16.5. The van der Waals surface area contributed by atoms with E-state index in [0.29, 0.717) is 34.0 Å². The summed E-state index contributed by atoms with van der Waals surface area (Å²) >= 11 is 0. The number of nitriles is 1. The van der Waals surface area contributed by atoms with Crippen molar-refractivity contribution >= 4 is 39.8 Å². The summed E-state index contributed by atoms with van der Waals surface area (Å²) in [5, 5.41) is 31.4. The van der Waals surface area contributed by atoms with Crippen molar-refractivity contribution in [3.05, 3.63) is 47.8 Å². The summed E-state index contributed by atoms with van der Waals surface area (Å²) in [6.45, 7) is -0.664. The number of fused-ring (bicyclic) bond motifs is 2. The minimum Gasteiger partial charge on any atom is -0.505 e. The maximum atomic E-state index is 12.3. The predicted octanol–water partition coefficient (Wildman–Crippen LogP) is 2.63. The quantitative estimate of drug-likeness (QED) is 0.400. The molecule has 33 heavy (non-hydrogen) atoms. The number of amides is 1. The topological polar surface area (TPSA) is 162 Å². The third-order valence-corrected chi connectivity index (χ3v) is 4.64. The van der Waals surface area contributed by atoms with E-state index >= 15 is 0 Å². The van der Waals surface area contributed by atoms with Crippen LogP contribution >= 0.6 is 0 Å². The highest BCUT2D eigenvalue weighted by Gasteiger charge is 2.20. The van der Waals surface area contributed by atoms with E-state index in [1.165, 1.54) is 12.1 Å². The van der Waals surface area contributed by atoms with Crippen molar-refractivity contribution in [2.45, 2.75) is 0 Å². The summed E-state index contributed by atoms with van der Waals surface area (Å²) in [5.74, 6) is -1.91. The van der Waals surface area contributed by atoms with E-state index in [-0.39, 0.29) is 11.1 Å². The molecule has 0 unspecified atom stereocenters. The molecule has 1 amide bonds. The van der Waals surface area contributed by atoms with Gasteiger partial charge in [-0.2, -0.15) is 10.2 Å². The molecule has 0 saturated heterocycles. The second kappa shape index (κ2) is 8.35. The van der Waals surface area contributed by atoms with Crippen molar-refractivity contribution in [3.63, 3.8) is 0 Å². The molecule has 0 fully saturated rings. The Kier molecular flexibility index (Phi) is 5.41. The first-order chi connectivity index (χ1) is 15.8.